The lowest BCUT2D eigenvalue weighted by Gasteiger charge is -2.10. The average Bonchev–Trinajstić information content (AvgIpc) is 2.99. The van der Waals surface area contributed by atoms with Crippen LogP contribution >= 0.6 is 0 Å². The number of pyridine rings is 1. The molecule has 0 saturated carbocycles. The molecule has 5 heteroatoms. The van der Waals surface area contributed by atoms with Crippen molar-refractivity contribution in [3.63, 3.8) is 0 Å². The van der Waals surface area contributed by atoms with E-state index in [9.17, 15) is 4.79 Å². The molecule has 0 bridgehead atoms. The summed E-state index contributed by atoms with van der Waals surface area (Å²) in [6.45, 7) is 3.32. The molecular weight excluding hydrogens is 252 g/mol. The molecule has 2 heterocycles. The van der Waals surface area contributed by atoms with Gasteiger partial charge in [0, 0.05) is 19.8 Å². The molecule has 0 radical (unpaired) electrons. The molecule has 106 valence electrons. The van der Waals surface area contributed by atoms with Crippen LogP contribution in [0.1, 0.15) is 30.3 Å². The second-order valence-electron chi connectivity index (χ2n) is 5.22. The molecule has 0 atom stereocenters. The van der Waals surface area contributed by atoms with Crippen LogP contribution in [-0.4, -0.2) is 14.3 Å². The van der Waals surface area contributed by atoms with Gasteiger partial charge in [0.05, 0.1) is 17.9 Å². The van der Waals surface area contributed by atoms with Gasteiger partial charge in [0.1, 0.15) is 5.69 Å². The molecule has 0 aromatic carbocycles. The molecule has 3 rings (SSSR count). The first-order chi connectivity index (χ1) is 9.70. The van der Waals surface area contributed by atoms with Crippen molar-refractivity contribution in [3.8, 4) is 0 Å². The lowest BCUT2D eigenvalue weighted by atomic mass is 10.2. The first-order valence-electron chi connectivity index (χ1n) is 7.17. The zero-order chi connectivity index (χ0) is 14.1. The van der Waals surface area contributed by atoms with Crippen LogP contribution in [-0.2, 0) is 33.0 Å². The fraction of sp³-hybridized carbons (Fsp3) is 0.467. The molecule has 20 heavy (non-hydrogen) atoms. The third kappa shape index (κ3) is 2.13. The van der Waals surface area contributed by atoms with Gasteiger partial charge in [0.2, 0.25) is 0 Å². The Morgan fingerprint density at radius 1 is 1.40 bits per heavy atom. The van der Waals surface area contributed by atoms with Crippen LogP contribution in [0.15, 0.2) is 23.1 Å². The van der Waals surface area contributed by atoms with E-state index in [4.69, 9.17) is 0 Å². The van der Waals surface area contributed by atoms with Crippen molar-refractivity contribution < 1.29 is 0 Å². The molecule has 1 N–H and O–H groups in total. The van der Waals surface area contributed by atoms with Gasteiger partial charge >= 0.3 is 0 Å². The van der Waals surface area contributed by atoms with Crippen LogP contribution < -0.4 is 10.9 Å². The van der Waals surface area contributed by atoms with Gasteiger partial charge in [-0.3, -0.25) is 9.48 Å². The number of aromatic nitrogens is 3. The fourth-order valence-corrected chi connectivity index (χ4v) is 2.91. The van der Waals surface area contributed by atoms with Crippen LogP contribution in [0.3, 0.4) is 0 Å². The van der Waals surface area contributed by atoms with E-state index >= 15 is 0 Å². The van der Waals surface area contributed by atoms with E-state index in [-0.39, 0.29) is 5.56 Å². The van der Waals surface area contributed by atoms with Gasteiger partial charge in [-0.25, -0.2) is 0 Å². The topological polar surface area (TPSA) is 51.9 Å². The first-order valence-corrected chi connectivity index (χ1v) is 7.17. The Labute approximate surface area is 118 Å². The molecule has 5 nitrogen and oxygen atoms in total. The maximum atomic E-state index is 12.2. The van der Waals surface area contributed by atoms with Crippen LogP contribution in [0.5, 0.6) is 0 Å². The number of nitrogens with zero attached hydrogens (tertiary/aromatic N) is 3. The summed E-state index contributed by atoms with van der Waals surface area (Å²) in [7, 11) is 1.98. The molecule has 2 aromatic heterocycles. The predicted molar refractivity (Wildman–Crippen MR) is 78.9 cm³/mol. The van der Waals surface area contributed by atoms with Gasteiger partial charge in [0.15, 0.2) is 0 Å². The molecule has 0 saturated heterocycles. The SMILES string of the molecule is CCn1cccc(NCc2c3c(nn2C)CCC3)c1=O. The van der Waals surface area contributed by atoms with Gasteiger partial charge < -0.3 is 9.88 Å². The van der Waals surface area contributed by atoms with Crippen molar-refractivity contribution in [2.24, 2.45) is 7.05 Å². The Bertz CT molecular complexity index is 684. The number of fused-ring (bicyclic) bond motifs is 1. The van der Waals surface area contributed by atoms with Crippen molar-refractivity contribution in [2.75, 3.05) is 5.32 Å². The summed E-state index contributed by atoms with van der Waals surface area (Å²) in [5.74, 6) is 0. The van der Waals surface area contributed by atoms with Crippen molar-refractivity contribution in [1.29, 1.82) is 0 Å². The number of rotatable bonds is 4. The second kappa shape index (κ2) is 5.15. The summed E-state index contributed by atoms with van der Waals surface area (Å²) in [6, 6.07) is 3.74. The van der Waals surface area contributed by atoms with Crippen molar-refractivity contribution in [1.82, 2.24) is 14.3 Å². The lowest BCUT2D eigenvalue weighted by Crippen LogP contribution is -2.22. The largest absolute Gasteiger partial charge is 0.375 e. The lowest BCUT2D eigenvalue weighted by molar-refractivity contribution is 0.686. The van der Waals surface area contributed by atoms with E-state index in [1.54, 1.807) is 4.57 Å². The molecule has 1 aliphatic rings. The summed E-state index contributed by atoms with van der Waals surface area (Å²) >= 11 is 0. The Balaban J connectivity index is 1.82. The minimum Gasteiger partial charge on any atom is -0.375 e. The molecule has 1 aliphatic carbocycles. The number of nitrogens with one attached hydrogen (secondary N) is 1. The molecule has 2 aromatic rings. The summed E-state index contributed by atoms with van der Waals surface area (Å²) in [5.41, 5.74) is 4.48. The van der Waals surface area contributed by atoms with Crippen molar-refractivity contribution >= 4 is 5.69 Å². The van der Waals surface area contributed by atoms with Gasteiger partial charge in [0.25, 0.3) is 5.56 Å². The predicted octanol–water partition coefficient (Wildman–Crippen LogP) is 1.70. The quantitative estimate of drug-likeness (QED) is 0.921. The maximum Gasteiger partial charge on any atom is 0.273 e. The van der Waals surface area contributed by atoms with E-state index < -0.39 is 0 Å². The van der Waals surface area contributed by atoms with Gasteiger partial charge in [-0.1, -0.05) is 0 Å². The van der Waals surface area contributed by atoms with Crippen LogP contribution in [0.25, 0.3) is 0 Å². The minimum absolute atomic E-state index is 0.0359. The maximum absolute atomic E-state index is 12.2. The highest BCUT2D eigenvalue weighted by Gasteiger charge is 2.20. The zero-order valence-corrected chi connectivity index (χ0v) is 12.0. The monoisotopic (exact) mass is 272 g/mol. The van der Waals surface area contributed by atoms with Gasteiger partial charge in [-0.15, -0.1) is 0 Å². The third-order valence-electron chi connectivity index (χ3n) is 4.01. The third-order valence-corrected chi connectivity index (χ3v) is 4.01. The van der Waals surface area contributed by atoms with Crippen LogP contribution in [0, 0.1) is 0 Å². The van der Waals surface area contributed by atoms with Crippen molar-refractivity contribution in [2.45, 2.75) is 39.3 Å². The smallest absolute Gasteiger partial charge is 0.273 e. The Hall–Kier alpha value is -2.04. The Kier molecular flexibility index (Phi) is 3.34. The number of hydrogen-bond acceptors (Lipinski definition) is 3. The van der Waals surface area contributed by atoms with E-state index in [2.05, 4.69) is 10.4 Å². The minimum atomic E-state index is 0.0359. The van der Waals surface area contributed by atoms with Crippen LogP contribution in [0.4, 0.5) is 5.69 Å². The second-order valence-corrected chi connectivity index (χ2v) is 5.22. The van der Waals surface area contributed by atoms with E-state index in [1.165, 1.54) is 23.4 Å². The zero-order valence-electron chi connectivity index (χ0n) is 12.0. The van der Waals surface area contributed by atoms with Crippen molar-refractivity contribution in [3.05, 3.63) is 45.6 Å². The summed E-state index contributed by atoms with van der Waals surface area (Å²) in [5, 5.41) is 7.82. The molecule has 0 fully saturated rings. The first kappa shape index (κ1) is 13.0. The standard InChI is InChI=1S/C15H20N4O/c1-3-19-9-5-8-13(15(19)20)16-10-14-11-6-4-7-12(11)17-18(14)2/h5,8-9,16H,3-4,6-7,10H2,1-2H3. The molecule has 0 aliphatic heterocycles. The van der Waals surface area contributed by atoms with E-state index in [0.717, 1.165) is 12.8 Å². The molecule has 0 unspecified atom stereocenters. The normalized spacial score (nSPS) is 13.5. The van der Waals surface area contributed by atoms with E-state index in [0.29, 0.717) is 18.8 Å². The average molecular weight is 272 g/mol. The molecule has 0 amide bonds. The highest BCUT2D eigenvalue weighted by atomic mass is 16.1. The molecular formula is C15H20N4O. The summed E-state index contributed by atoms with van der Waals surface area (Å²) in [4.78, 5) is 12.2. The van der Waals surface area contributed by atoms with Gasteiger partial charge in [-0.2, -0.15) is 5.10 Å². The summed E-state index contributed by atoms with van der Waals surface area (Å²) in [6.07, 6.45) is 5.19. The van der Waals surface area contributed by atoms with Gasteiger partial charge in [-0.05, 0) is 43.9 Å². The Morgan fingerprint density at radius 3 is 3.05 bits per heavy atom. The number of anilines is 1. The Morgan fingerprint density at radius 2 is 2.25 bits per heavy atom. The number of hydrogen-bond donors (Lipinski definition) is 1. The summed E-state index contributed by atoms with van der Waals surface area (Å²) < 4.78 is 3.65. The fourth-order valence-electron chi connectivity index (χ4n) is 2.91. The number of aryl methyl sites for hydroxylation is 3. The molecule has 0 spiro atoms. The van der Waals surface area contributed by atoms with E-state index in [1.807, 2.05) is 37.0 Å². The highest BCUT2D eigenvalue weighted by Crippen LogP contribution is 2.24. The highest BCUT2D eigenvalue weighted by molar-refractivity contribution is 5.42. The van der Waals surface area contributed by atoms with Crippen LogP contribution in [0.2, 0.25) is 0 Å².